The van der Waals surface area contributed by atoms with Crippen molar-refractivity contribution in [3.8, 4) is 5.75 Å². The monoisotopic (exact) mass is 313 g/mol. The molecule has 0 radical (unpaired) electrons. The van der Waals surface area contributed by atoms with Gasteiger partial charge in [0.1, 0.15) is 11.9 Å². The number of aryl methyl sites for hydroxylation is 1. The number of benzene rings is 1. The zero-order valence-electron chi connectivity index (χ0n) is 13.5. The molecule has 3 heterocycles. The molecule has 2 aliphatic heterocycles. The molecule has 4 rings (SSSR count). The van der Waals surface area contributed by atoms with Crippen LogP contribution in [0.3, 0.4) is 0 Å². The van der Waals surface area contributed by atoms with Gasteiger partial charge >= 0.3 is 0 Å². The van der Waals surface area contributed by atoms with E-state index in [-0.39, 0.29) is 6.10 Å². The first-order chi connectivity index (χ1) is 11.3. The van der Waals surface area contributed by atoms with Gasteiger partial charge in [0, 0.05) is 44.4 Å². The molecule has 1 saturated heterocycles. The van der Waals surface area contributed by atoms with Crippen molar-refractivity contribution in [3.63, 3.8) is 0 Å². The maximum Gasteiger partial charge on any atom is 0.122 e. The van der Waals surface area contributed by atoms with Crippen molar-refractivity contribution < 1.29 is 9.47 Å². The predicted octanol–water partition coefficient (Wildman–Crippen LogP) is 2.36. The van der Waals surface area contributed by atoms with E-state index < -0.39 is 0 Å². The van der Waals surface area contributed by atoms with Crippen molar-refractivity contribution in [1.82, 2.24) is 15.1 Å². The summed E-state index contributed by atoms with van der Waals surface area (Å²) in [6, 6.07) is 6.84. The third-order valence-electron chi connectivity index (χ3n) is 4.70. The predicted molar refractivity (Wildman–Crippen MR) is 87.4 cm³/mol. The molecule has 1 aromatic carbocycles. The van der Waals surface area contributed by atoms with Crippen LogP contribution in [0.4, 0.5) is 0 Å². The van der Waals surface area contributed by atoms with Crippen molar-refractivity contribution in [3.05, 3.63) is 47.3 Å². The highest BCUT2D eigenvalue weighted by Crippen LogP contribution is 2.29. The topological polar surface area (TPSA) is 48.3 Å². The Morgan fingerprint density at radius 2 is 2.30 bits per heavy atom. The van der Waals surface area contributed by atoms with Gasteiger partial charge in [-0.25, -0.2) is 0 Å². The van der Waals surface area contributed by atoms with Gasteiger partial charge in [0.2, 0.25) is 0 Å². The first-order valence-electron chi connectivity index (χ1n) is 8.38. The number of ether oxygens (including phenoxy) is 2. The zero-order valence-corrected chi connectivity index (χ0v) is 13.5. The summed E-state index contributed by atoms with van der Waals surface area (Å²) < 4.78 is 13.4. The van der Waals surface area contributed by atoms with Crippen molar-refractivity contribution in [2.75, 3.05) is 13.2 Å². The molecule has 122 valence electrons. The maximum absolute atomic E-state index is 6.02. The van der Waals surface area contributed by atoms with E-state index in [0.717, 1.165) is 50.3 Å². The summed E-state index contributed by atoms with van der Waals surface area (Å²) in [5, 5.41) is 7.96. The van der Waals surface area contributed by atoms with Gasteiger partial charge in [0.25, 0.3) is 0 Å². The molecule has 5 nitrogen and oxygen atoms in total. The van der Waals surface area contributed by atoms with Gasteiger partial charge in [0.05, 0.1) is 12.8 Å². The summed E-state index contributed by atoms with van der Waals surface area (Å²) in [7, 11) is 1.95. The van der Waals surface area contributed by atoms with Crippen LogP contribution in [0.25, 0.3) is 0 Å². The number of aromatic nitrogens is 2. The van der Waals surface area contributed by atoms with Crippen LogP contribution in [0, 0.1) is 0 Å². The lowest BCUT2D eigenvalue weighted by atomic mass is 9.97. The third kappa shape index (κ3) is 3.12. The highest BCUT2D eigenvalue weighted by atomic mass is 16.5. The van der Waals surface area contributed by atoms with E-state index in [1.54, 1.807) is 0 Å². The lowest BCUT2D eigenvalue weighted by Crippen LogP contribution is -2.39. The molecule has 23 heavy (non-hydrogen) atoms. The van der Waals surface area contributed by atoms with Crippen molar-refractivity contribution in [2.45, 2.75) is 38.0 Å². The molecule has 2 atom stereocenters. The maximum atomic E-state index is 6.02. The fourth-order valence-corrected chi connectivity index (χ4v) is 3.50. The number of fused-ring (bicyclic) bond motifs is 1. The Kier molecular flexibility index (Phi) is 4.06. The standard InChI is InChI=1S/C18H23N3O2/c1-21-12-15(11-20-21)18-16(3-2-7-23-18)19-10-13-4-5-17-14(9-13)6-8-22-17/h4-5,9,11-12,16,18-19H,2-3,6-8,10H2,1H3/t16-,18+/m0/s1. The van der Waals surface area contributed by atoms with Crippen LogP contribution in [-0.2, 0) is 24.8 Å². The lowest BCUT2D eigenvalue weighted by Gasteiger charge is -2.32. The lowest BCUT2D eigenvalue weighted by molar-refractivity contribution is -0.0112. The molecule has 1 N–H and O–H groups in total. The first kappa shape index (κ1) is 14.7. The largest absolute Gasteiger partial charge is 0.493 e. The molecule has 2 aliphatic rings. The molecule has 0 saturated carbocycles. The Hall–Kier alpha value is -1.85. The van der Waals surface area contributed by atoms with Crippen molar-refractivity contribution in [2.24, 2.45) is 7.05 Å². The summed E-state index contributed by atoms with van der Waals surface area (Å²) >= 11 is 0. The van der Waals surface area contributed by atoms with Crippen LogP contribution in [0.15, 0.2) is 30.6 Å². The summed E-state index contributed by atoms with van der Waals surface area (Å²) in [5.41, 5.74) is 3.80. The van der Waals surface area contributed by atoms with Crippen LogP contribution in [0.1, 0.15) is 35.6 Å². The van der Waals surface area contributed by atoms with E-state index >= 15 is 0 Å². The van der Waals surface area contributed by atoms with Crippen LogP contribution < -0.4 is 10.1 Å². The SMILES string of the molecule is Cn1cc([C@H]2OCCC[C@@H]2NCc2ccc3c(c2)CCO3)cn1. The molecular weight excluding hydrogens is 290 g/mol. The second-order valence-electron chi connectivity index (χ2n) is 6.41. The van der Waals surface area contributed by atoms with Gasteiger partial charge in [0.15, 0.2) is 0 Å². The van der Waals surface area contributed by atoms with E-state index in [2.05, 4.69) is 34.8 Å². The molecule has 1 fully saturated rings. The van der Waals surface area contributed by atoms with Crippen molar-refractivity contribution >= 4 is 0 Å². The summed E-state index contributed by atoms with van der Waals surface area (Å²) in [6.07, 6.45) is 7.32. The number of nitrogens with zero attached hydrogens (tertiary/aromatic N) is 2. The molecule has 5 heteroatoms. The van der Waals surface area contributed by atoms with E-state index in [0.29, 0.717) is 6.04 Å². The summed E-state index contributed by atoms with van der Waals surface area (Å²) in [4.78, 5) is 0. The number of hydrogen-bond acceptors (Lipinski definition) is 4. The van der Waals surface area contributed by atoms with Crippen LogP contribution >= 0.6 is 0 Å². The zero-order chi connectivity index (χ0) is 15.6. The summed E-state index contributed by atoms with van der Waals surface area (Å²) in [5.74, 6) is 1.04. The van der Waals surface area contributed by atoms with Gasteiger partial charge < -0.3 is 14.8 Å². The Morgan fingerprint density at radius 1 is 1.35 bits per heavy atom. The Labute approximate surface area is 136 Å². The van der Waals surface area contributed by atoms with Gasteiger partial charge in [-0.1, -0.05) is 12.1 Å². The first-order valence-corrected chi connectivity index (χ1v) is 8.38. The fraction of sp³-hybridized carbons (Fsp3) is 0.500. The number of hydrogen-bond donors (Lipinski definition) is 1. The van der Waals surface area contributed by atoms with Crippen LogP contribution in [0.2, 0.25) is 0 Å². The fourth-order valence-electron chi connectivity index (χ4n) is 3.50. The molecule has 0 bridgehead atoms. The highest BCUT2D eigenvalue weighted by Gasteiger charge is 2.28. The van der Waals surface area contributed by atoms with E-state index in [1.165, 1.54) is 11.1 Å². The minimum Gasteiger partial charge on any atom is -0.493 e. The van der Waals surface area contributed by atoms with Gasteiger partial charge in [-0.3, -0.25) is 4.68 Å². The second-order valence-corrected chi connectivity index (χ2v) is 6.41. The van der Waals surface area contributed by atoms with Crippen molar-refractivity contribution in [1.29, 1.82) is 0 Å². The molecule has 1 aromatic heterocycles. The Bertz CT molecular complexity index is 683. The normalized spacial score (nSPS) is 23.5. The van der Waals surface area contributed by atoms with Gasteiger partial charge in [-0.05, 0) is 30.0 Å². The third-order valence-corrected chi connectivity index (χ3v) is 4.70. The van der Waals surface area contributed by atoms with E-state index in [4.69, 9.17) is 9.47 Å². The Balaban J connectivity index is 1.44. The number of nitrogens with one attached hydrogen (secondary N) is 1. The minimum absolute atomic E-state index is 0.0928. The van der Waals surface area contributed by atoms with Crippen LogP contribution in [0.5, 0.6) is 5.75 Å². The highest BCUT2D eigenvalue weighted by molar-refractivity contribution is 5.39. The minimum atomic E-state index is 0.0928. The quantitative estimate of drug-likeness (QED) is 0.941. The van der Waals surface area contributed by atoms with Crippen LogP contribution in [-0.4, -0.2) is 29.0 Å². The summed E-state index contributed by atoms with van der Waals surface area (Å²) in [6.45, 7) is 2.50. The van der Waals surface area contributed by atoms with E-state index in [9.17, 15) is 0 Å². The molecular formula is C18H23N3O2. The Morgan fingerprint density at radius 3 is 3.17 bits per heavy atom. The molecule has 0 spiro atoms. The van der Waals surface area contributed by atoms with Gasteiger partial charge in [-0.2, -0.15) is 5.10 Å². The average molecular weight is 313 g/mol. The second kappa shape index (κ2) is 6.34. The average Bonchev–Trinajstić information content (AvgIpc) is 3.21. The molecule has 0 amide bonds. The molecule has 2 aromatic rings. The number of rotatable bonds is 4. The van der Waals surface area contributed by atoms with Gasteiger partial charge in [-0.15, -0.1) is 0 Å². The smallest absolute Gasteiger partial charge is 0.122 e. The molecule has 0 aliphatic carbocycles. The molecule has 0 unspecified atom stereocenters. The van der Waals surface area contributed by atoms with E-state index in [1.807, 2.05) is 17.9 Å².